The summed E-state index contributed by atoms with van der Waals surface area (Å²) in [4.78, 5) is 12.0. The van der Waals surface area contributed by atoms with Crippen LogP contribution in [0.1, 0.15) is 44.1 Å². The summed E-state index contributed by atoms with van der Waals surface area (Å²) in [6.45, 7) is 5.74. The lowest BCUT2D eigenvalue weighted by molar-refractivity contribution is -0.831. The second-order valence-electron chi connectivity index (χ2n) is 3.91. The van der Waals surface area contributed by atoms with Crippen molar-refractivity contribution < 1.29 is 14.3 Å². The minimum Gasteiger partial charge on any atom is -0.359 e. The van der Waals surface area contributed by atoms with Gasteiger partial charge in [-0.3, -0.25) is 9.42 Å². The van der Waals surface area contributed by atoms with Crippen molar-refractivity contribution in [1.29, 1.82) is 0 Å². The van der Waals surface area contributed by atoms with Crippen LogP contribution < -0.4 is 10.2 Å². The molecule has 1 N–H and O–H groups in total. The number of carbonyl (C=O) groups excluding carboxylic acids is 1. The quantitative estimate of drug-likeness (QED) is 0.473. The predicted octanol–water partition coefficient (Wildman–Crippen LogP) is 1.34. The molecule has 0 unspecified atom stereocenters. The topological polar surface area (TPSA) is 82.1 Å². The standard InChI is InChI=1S/C10H17N3O3S/c1-4-5-6-17-10-8(12-16-13(10)15)9(14)11-7(2)3/h7H,4-6H2,1-3H3,(H,11,14). The molecule has 7 heteroatoms. The van der Waals surface area contributed by atoms with Gasteiger partial charge in [-0.25, -0.2) is 0 Å². The van der Waals surface area contributed by atoms with Crippen molar-refractivity contribution in [1.82, 2.24) is 10.5 Å². The summed E-state index contributed by atoms with van der Waals surface area (Å²) in [5, 5.41) is 17.7. The Morgan fingerprint density at radius 3 is 2.94 bits per heavy atom. The molecule has 1 heterocycles. The molecule has 0 fully saturated rings. The number of amides is 1. The van der Waals surface area contributed by atoms with Crippen molar-refractivity contribution in [3.05, 3.63) is 10.9 Å². The van der Waals surface area contributed by atoms with Crippen molar-refractivity contribution in [2.24, 2.45) is 0 Å². The van der Waals surface area contributed by atoms with Crippen LogP contribution in [0.25, 0.3) is 0 Å². The normalized spacial score (nSPS) is 10.8. The summed E-state index contributed by atoms with van der Waals surface area (Å²) >= 11 is 1.29. The lowest BCUT2D eigenvalue weighted by atomic mass is 10.3. The molecule has 96 valence electrons. The fourth-order valence-corrected chi connectivity index (χ4v) is 2.18. The molecule has 1 amide bonds. The van der Waals surface area contributed by atoms with E-state index in [0.29, 0.717) is 0 Å². The third-order valence-electron chi connectivity index (χ3n) is 1.95. The van der Waals surface area contributed by atoms with Crippen LogP contribution in [0.4, 0.5) is 0 Å². The Hall–Kier alpha value is -1.24. The maximum Gasteiger partial charge on any atom is 0.319 e. The van der Waals surface area contributed by atoms with Crippen LogP contribution in [-0.2, 0) is 0 Å². The Kier molecular flexibility index (Phi) is 5.27. The van der Waals surface area contributed by atoms with Crippen molar-refractivity contribution in [2.75, 3.05) is 5.75 Å². The molecular formula is C10H17N3O3S. The third kappa shape index (κ3) is 3.92. The molecule has 0 aliphatic carbocycles. The minimum absolute atomic E-state index is 0.00667. The van der Waals surface area contributed by atoms with Gasteiger partial charge in [0.2, 0.25) is 0 Å². The van der Waals surface area contributed by atoms with E-state index >= 15 is 0 Å². The summed E-state index contributed by atoms with van der Waals surface area (Å²) in [5.41, 5.74) is 0.0646. The van der Waals surface area contributed by atoms with Crippen molar-refractivity contribution in [3.63, 3.8) is 0 Å². The number of nitrogens with one attached hydrogen (secondary N) is 1. The van der Waals surface area contributed by atoms with Crippen LogP contribution in [-0.4, -0.2) is 22.9 Å². The van der Waals surface area contributed by atoms with E-state index in [0.717, 1.165) is 18.6 Å². The highest BCUT2D eigenvalue weighted by Crippen LogP contribution is 2.18. The van der Waals surface area contributed by atoms with Crippen LogP contribution in [0.5, 0.6) is 0 Å². The van der Waals surface area contributed by atoms with E-state index in [1.54, 1.807) is 0 Å². The molecule has 1 rings (SSSR count). The van der Waals surface area contributed by atoms with Crippen LogP contribution in [0.2, 0.25) is 0 Å². The number of thioether (sulfide) groups is 1. The summed E-state index contributed by atoms with van der Waals surface area (Å²) in [5.74, 6) is 0.388. The second-order valence-corrected chi connectivity index (χ2v) is 5.00. The van der Waals surface area contributed by atoms with Gasteiger partial charge >= 0.3 is 11.6 Å². The van der Waals surface area contributed by atoms with Gasteiger partial charge in [-0.15, -0.1) is 0 Å². The Bertz CT molecular complexity index is 379. The number of unbranched alkanes of at least 4 members (excludes halogenated alkanes) is 1. The monoisotopic (exact) mass is 259 g/mol. The lowest BCUT2D eigenvalue weighted by Gasteiger charge is -2.04. The maximum absolute atomic E-state index is 11.7. The molecular weight excluding hydrogens is 242 g/mol. The highest BCUT2D eigenvalue weighted by atomic mass is 32.2. The number of aromatic nitrogens is 2. The highest BCUT2D eigenvalue weighted by molar-refractivity contribution is 7.99. The molecule has 0 bridgehead atoms. The van der Waals surface area contributed by atoms with Crippen molar-refractivity contribution in [3.8, 4) is 0 Å². The Morgan fingerprint density at radius 2 is 2.35 bits per heavy atom. The first-order valence-corrected chi connectivity index (χ1v) is 6.58. The van der Waals surface area contributed by atoms with Gasteiger partial charge in [-0.2, -0.15) is 0 Å². The molecule has 0 atom stereocenters. The molecule has 1 aromatic heterocycles. The summed E-state index contributed by atoms with van der Waals surface area (Å²) in [6, 6.07) is -0.00667. The molecule has 1 aromatic rings. The van der Waals surface area contributed by atoms with E-state index in [2.05, 4.69) is 22.0 Å². The second kappa shape index (κ2) is 6.48. The van der Waals surface area contributed by atoms with Gasteiger partial charge in [0.1, 0.15) is 0 Å². The Morgan fingerprint density at radius 1 is 1.65 bits per heavy atom. The molecule has 6 nitrogen and oxygen atoms in total. The van der Waals surface area contributed by atoms with Gasteiger partial charge in [0.05, 0.1) is 5.16 Å². The Labute approximate surface area is 104 Å². The van der Waals surface area contributed by atoms with Gasteiger partial charge in [-0.05, 0) is 25.2 Å². The highest BCUT2D eigenvalue weighted by Gasteiger charge is 2.26. The fourth-order valence-electron chi connectivity index (χ4n) is 1.14. The molecule has 17 heavy (non-hydrogen) atoms. The average molecular weight is 259 g/mol. The maximum atomic E-state index is 11.7. The lowest BCUT2D eigenvalue weighted by Crippen LogP contribution is -2.32. The van der Waals surface area contributed by atoms with E-state index in [1.165, 1.54) is 11.8 Å². The van der Waals surface area contributed by atoms with Crippen molar-refractivity contribution in [2.45, 2.75) is 44.7 Å². The van der Waals surface area contributed by atoms with Gasteiger partial charge in [0.25, 0.3) is 5.03 Å². The molecule has 0 aromatic carbocycles. The SMILES string of the molecule is CCCCSc1c(C(=O)NC(C)C)no[n+]1[O-]. The third-order valence-corrected chi connectivity index (χ3v) is 3.05. The molecule has 0 saturated carbocycles. The Balaban J connectivity index is 2.74. The van der Waals surface area contributed by atoms with Gasteiger partial charge in [0, 0.05) is 11.8 Å². The molecule has 0 spiro atoms. The molecule has 0 radical (unpaired) electrons. The number of nitrogens with zero attached hydrogens (tertiary/aromatic N) is 2. The van der Waals surface area contributed by atoms with E-state index < -0.39 is 0 Å². The zero-order chi connectivity index (χ0) is 12.8. The number of hydrogen-bond donors (Lipinski definition) is 1. The number of carbonyl (C=O) groups is 1. The fraction of sp³-hybridized carbons (Fsp3) is 0.700. The van der Waals surface area contributed by atoms with E-state index in [1.807, 2.05) is 13.8 Å². The van der Waals surface area contributed by atoms with Crippen LogP contribution in [0, 0.1) is 5.21 Å². The van der Waals surface area contributed by atoms with Gasteiger partial charge in [-0.1, -0.05) is 25.1 Å². The predicted molar refractivity (Wildman–Crippen MR) is 63.7 cm³/mol. The summed E-state index contributed by atoms with van der Waals surface area (Å²) in [6.07, 6.45) is 2.01. The van der Waals surface area contributed by atoms with Gasteiger partial charge < -0.3 is 10.5 Å². The van der Waals surface area contributed by atoms with E-state index in [-0.39, 0.29) is 27.6 Å². The van der Waals surface area contributed by atoms with Gasteiger partial charge in [0.15, 0.2) is 0 Å². The first kappa shape index (κ1) is 13.8. The van der Waals surface area contributed by atoms with Crippen molar-refractivity contribution >= 4 is 17.7 Å². The average Bonchev–Trinajstić information content (AvgIpc) is 2.60. The number of rotatable bonds is 6. The van der Waals surface area contributed by atoms with Crippen LogP contribution >= 0.6 is 11.8 Å². The smallest absolute Gasteiger partial charge is 0.319 e. The van der Waals surface area contributed by atoms with Crippen LogP contribution in [0.3, 0.4) is 0 Å². The zero-order valence-electron chi connectivity index (χ0n) is 10.2. The molecule has 0 saturated heterocycles. The molecule has 0 aliphatic heterocycles. The van der Waals surface area contributed by atoms with E-state index in [9.17, 15) is 10.0 Å². The zero-order valence-corrected chi connectivity index (χ0v) is 11.0. The summed E-state index contributed by atoms with van der Waals surface area (Å²) in [7, 11) is 0. The molecule has 0 aliphatic rings. The number of hydrogen-bond acceptors (Lipinski definition) is 5. The first-order chi connectivity index (χ1) is 8.06. The van der Waals surface area contributed by atoms with Crippen LogP contribution in [0.15, 0.2) is 9.65 Å². The largest absolute Gasteiger partial charge is 0.359 e. The van der Waals surface area contributed by atoms with E-state index in [4.69, 9.17) is 0 Å². The first-order valence-electron chi connectivity index (χ1n) is 5.59. The minimum atomic E-state index is -0.377. The summed E-state index contributed by atoms with van der Waals surface area (Å²) < 4.78 is 4.46.